The molecule has 4 aromatic rings. The fraction of sp³-hybridized carbons (Fsp3) is 0.222. The van der Waals surface area contributed by atoms with Gasteiger partial charge in [-0.05, 0) is 67.4 Å². The van der Waals surface area contributed by atoms with Crippen molar-refractivity contribution < 1.29 is 14.3 Å². The van der Waals surface area contributed by atoms with E-state index in [1.54, 1.807) is 47.1 Å². The highest BCUT2D eigenvalue weighted by molar-refractivity contribution is 6.33. The van der Waals surface area contributed by atoms with Crippen LogP contribution in [0.2, 0.25) is 5.02 Å². The van der Waals surface area contributed by atoms with Gasteiger partial charge >= 0.3 is 0 Å². The highest BCUT2D eigenvalue weighted by Gasteiger charge is 2.38. The Morgan fingerprint density at radius 3 is 2.56 bits per heavy atom. The molecule has 0 bridgehead atoms. The maximum atomic E-state index is 13.6. The first-order valence-electron chi connectivity index (χ1n) is 11.1. The van der Waals surface area contributed by atoms with Crippen LogP contribution in [0.5, 0.6) is 0 Å². The molecule has 1 aliphatic carbocycles. The molecule has 0 aliphatic heterocycles. The van der Waals surface area contributed by atoms with E-state index in [1.165, 1.54) is 12.1 Å². The predicted molar refractivity (Wildman–Crippen MR) is 129 cm³/mol. The highest BCUT2D eigenvalue weighted by Crippen LogP contribution is 2.44. The van der Waals surface area contributed by atoms with Crippen molar-refractivity contribution in [2.75, 3.05) is 6.61 Å². The molecule has 3 aromatic carbocycles. The van der Waals surface area contributed by atoms with Gasteiger partial charge in [-0.2, -0.15) is 10.4 Å². The number of Topliss-reactive ketones (excluding diaryl/α,β-unsaturated/α-hetero) is 1. The number of aliphatic hydroxyl groups is 1. The van der Waals surface area contributed by atoms with Crippen LogP contribution >= 0.6 is 11.6 Å². The van der Waals surface area contributed by atoms with Crippen molar-refractivity contribution in [3.63, 3.8) is 0 Å². The Balaban J connectivity index is 1.67. The van der Waals surface area contributed by atoms with Crippen LogP contribution in [0.15, 0.2) is 60.7 Å². The number of hydrogen-bond acceptors (Lipinski definition) is 4. The van der Waals surface area contributed by atoms with Gasteiger partial charge in [0.15, 0.2) is 5.78 Å². The summed E-state index contributed by atoms with van der Waals surface area (Å²) in [7, 11) is 0. The lowest BCUT2D eigenvalue weighted by Crippen LogP contribution is -2.35. The zero-order valence-corrected chi connectivity index (χ0v) is 19.0. The second kappa shape index (κ2) is 8.68. The Bertz CT molecular complexity index is 1440. The standard InChI is InChI=1S/C27H21ClFN3O2/c28-23-9-2-17(15-30)12-22(23)26-21-8-3-18(25(34)14-27(16-33)10-1-11-27)13-24(21)32(31-26)20-6-4-19(29)5-7-20/h2-9,12-13,33H,1,10-11,14,16H2. The first-order chi connectivity index (χ1) is 16.4. The quantitative estimate of drug-likeness (QED) is 0.343. The number of aromatic nitrogens is 2. The second-order valence-electron chi connectivity index (χ2n) is 8.89. The third-order valence-corrected chi connectivity index (χ3v) is 7.04. The van der Waals surface area contributed by atoms with Crippen LogP contribution in [0.4, 0.5) is 4.39 Å². The molecule has 5 nitrogen and oxygen atoms in total. The number of benzene rings is 3. The first kappa shape index (κ1) is 22.3. The van der Waals surface area contributed by atoms with Crippen molar-refractivity contribution in [3.05, 3.63) is 82.6 Å². The maximum absolute atomic E-state index is 13.6. The van der Waals surface area contributed by atoms with Gasteiger partial charge in [0, 0.05) is 35.0 Å². The summed E-state index contributed by atoms with van der Waals surface area (Å²) in [5, 5.41) is 25.1. The lowest BCUT2D eigenvalue weighted by atomic mass is 9.66. The van der Waals surface area contributed by atoms with E-state index >= 15 is 0 Å². The topological polar surface area (TPSA) is 78.9 Å². The van der Waals surface area contributed by atoms with Gasteiger partial charge in [-0.15, -0.1) is 0 Å². The van der Waals surface area contributed by atoms with Crippen LogP contribution in [0.25, 0.3) is 27.8 Å². The zero-order valence-electron chi connectivity index (χ0n) is 18.3. The minimum Gasteiger partial charge on any atom is -0.396 e. The average Bonchev–Trinajstić information content (AvgIpc) is 3.21. The summed E-state index contributed by atoms with van der Waals surface area (Å²) in [6.07, 6.45) is 3.02. The Labute approximate surface area is 201 Å². The molecular formula is C27H21ClFN3O2. The third-order valence-electron chi connectivity index (χ3n) is 6.71. The Kier molecular flexibility index (Phi) is 5.68. The molecule has 7 heteroatoms. The number of fused-ring (bicyclic) bond motifs is 1. The van der Waals surface area contributed by atoms with Gasteiger partial charge in [0.2, 0.25) is 0 Å². The van der Waals surface area contributed by atoms with E-state index in [-0.39, 0.29) is 23.6 Å². The Morgan fingerprint density at radius 1 is 1.15 bits per heavy atom. The summed E-state index contributed by atoms with van der Waals surface area (Å²) in [6.45, 7) is 0.00633. The normalized spacial score (nSPS) is 14.5. The number of ketones is 1. The molecule has 1 aromatic heterocycles. The Morgan fingerprint density at radius 2 is 1.91 bits per heavy atom. The van der Waals surface area contributed by atoms with Crippen molar-refractivity contribution in [2.24, 2.45) is 5.41 Å². The largest absolute Gasteiger partial charge is 0.396 e. The lowest BCUT2D eigenvalue weighted by molar-refractivity contribution is 0.0340. The molecule has 34 heavy (non-hydrogen) atoms. The first-order valence-corrected chi connectivity index (χ1v) is 11.4. The lowest BCUT2D eigenvalue weighted by Gasteiger charge is -2.39. The SMILES string of the molecule is N#Cc1ccc(Cl)c(-c2nn(-c3ccc(F)cc3)c3cc(C(=O)CC4(CO)CCC4)ccc23)c1. The molecule has 0 radical (unpaired) electrons. The van der Waals surface area contributed by atoms with E-state index in [4.69, 9.17) is 16.7 Å². The number of rotatable bonds is 6. The molecule has 0 unspecified atom stereocenters. The summed E-state index contributed by atoms with van der Waals surface area (Å²) >= 11 is 6.47. The number of aliphatic hydroxyl groups excluding tert-OH is 1. The van der Waals surface area contributed by atoms with E-state index in [0.717, 1.165) is 24.6 Å². The summed E-state index contributed by atoms with van der Waals surface area (Å²) in [4.78, 5) is 13.1. The Hall–Kier alpha value is -3.53. The number of carbonyl (C=O) groups is 1. The van der Waals surface area contributed by atoms with Crippen LogP contribution in [0, 0.1) is 22.6 Å². The minimum atomic E-state index is -0.365. The van der Waals surface area contributed by atoms with Crippen LogP contribution in [-0.2, 0) is 0 Å². The summed E-state index contributed by atoms with van der Waals surface area (Å²) in [6, 6.07) is 18.4. The van der Waals surface area contributed by atoms with Crippen molar-refractivity contribution in [1.82, 2.24) is 9.78 Å². The van der Waals surface area contributed by atoms with E-state index < -0.39 is 0 Å². The number of nitrogens with zero attached hydrogens (tertiary/aromatic N) is 3. The van der Waals surface area contributed by atoms with Gasteiger partial charge in [0.25, 0.3) is 0 Å². The van der Waals surface area contributed by atoms with Gasteiger partial charge in [-0.3, -0.25) is 4.79 Å². The van der Waals surface area contributed by atoms with Gasteiger partial charge < -0.3 is 5.11 Å². The van der Waals surface area contributed by atoms with Crippen molar-refractivity contribution in [2.45, 2.75) is 25.7 Å². The summed E-state index contributed by atoms with van der Waals surface area (Å²) in [5.41, 5.74) is 3.10. The molecule has 0 amide bonds. The van der Waals surface area contributed by atoms with Crippen molar-refractivity contribution in [1.29, 1.82) is 5.26 Å². The van der Waals surface area contributed by atoms with E-state index in [1.807, 2.05) is 6.07 Å². The monoisotopic (exact) mass is 473 g/mol. The molecule has 1 heterocycles. The van der Waals surface area contributed by atoms with Gasteiger partial charge in [0.1, 0.15) is 11.5 Å². The van der Waals surface area contributed by atoms with Crippen molar-refractivity contribution >= 4 is 28.3 Å². The van der Waals surface area contributed by atoms with E-state index in [0.29, 0.717) is 45.0 Å². The zero-order chi connectivity index (χ0) is 23.9. The van der Waals surface area contributed by atoms with E-state index in [9.17, 15) is 19.6 Å². The number of nitriles is 1. The number of hydrogen-bond donors (Lipinski definition) is 1. The van der Waals surface area contributed by atoms with Crippen LogP contribution in [0.1, 0.15) is 41.6 Å². The maximum Gasteiger partial charge on any atom is 0.163 e. The molecule has 1 N–H and O–H groups in total. The van der Waals surface area contributed by atoms with Crippen molar-refractivity contribution in [3.8, 4) is 23.0 Å². The van der Waals surface area contributed by atoms with Crippen LogP contribution in [0.3, 0.4) is 0 Å². The highest BCUT2D eigenvalue weighted by atomic mass is 35.5. The van der Waals surface area contributed by atoms with Gasteiger partial charge in [-0.25, -0.2) is 9.07 Å². The third kappa shape index (κ3) is 3.87. The van der Waals surface area contributed by atoms with Crippen LogP contribution in [-0.4, -0.2) is 27.3 Å². The minimum absolute atomic E-state index is 0.00633. The fourth-order valence-corrected chi connectivity index (χ4v) is 4.76. The summed E-state index contributed by atoms with van der Waals surface area (Å²) in [5.74, 6) is -0.399. The fourth-order valence-electron chi connectivity index (χ4n) is 4.55. The second-order valence-corrected chi connectivity index (χ2v) is 9.29. The smallest absolute Gasteiger partial charge is 0.163 e. The number of carbonyl (C=O) groups excluding carboxylic acids is 1. The number of halogens is 2. The van der Waals surface area contributed by atoms with E-state index in [2.05, 4.69) is 6.07 Å². The molecular weight excluding hydrogens is 453 g/mol. The predicted octanol–water partition coefficient (Wildman–Crippen LogP) is 6.09. The van der Waals surface area contributed by atoms with Gasteiger partial charge in [0.05, 0.1) is 27.9 Å². The van der Waals surface area contributed by atoms with Crippen LogP contribution < -0.4 is 0 Å². The molecule has 1 aliphatic rings. The molecule has 1 fully saturated rings. The molecule has 5 rings (SSSR count). The molecule has 0 spiro atoms. The summed E-state index contributed by atoms with van der Waals surface area (Å²) < 4.78 is 15.2. The molecule has 1 saturated carbocycles. The average molecular weight is 474 g/mol. The molecule has 170 valence electrons. The molecule has 0 atom stereocenters. The van der Waals surface area contributed by atoms with Gasteiger partial charge in [-0.1, -0.05) is 24.1 Å². The molecule has 0 saturated heterocycles.